The Labute approximate surface area is 76.8 Å². The Hall–Kier alpha value is -0.960. The van der Waals surface area contributed by atoms with Gasteiger partial charge in [0.2, 0.25) is 0 Å². The summed E-state index contributed by atoms with van der Waals surface area (Å²) >= 11 is 0. The van der Waals surface area contributed by atoms with Crippen LogP contribution < -0.4 is 0 Å². The zero-order chi connectivity index (χ0) is 9.26. The molecule has 2 aliphatic rings. The number of carbonyl (C=O) groups excluding carboxylic acids is 2. The summed E-state index contributed by atoms with van der Waals surface area (Å²) < 4.78 is 5.33. The Bertz CT molecular complexity index is 267. The van der Waals surface area contributed by atoms with E-state index in [0.29, 0.717) is 19.4 Å². The molecule has 0 spiro atoms. The Morgan fingerprint density at radius 2 is 2.23 bits per heavy atom. The Balaban J connectivity index is 2.04. The first kappa shape index (κ1) is 8.63. The van der Waals surface area contributed by atoms with Gasteiger partial charge in [-0.05, 0) is 18.4 Å². The summed E-state index contributed by atoms with van der Waals surface area (Å²) in [4.78, 5) is 22.4. The molecular formula is C10H12O3. The van der Waals surface area contributed by atoms with Crippen LogP contribution in [0.4, 0.5) is 0 Å². The zero-order valence-corrected chi connectivity index (χ0v) is 7.36. The van der Waals surface area contributed by atoms with Crippen molar-refractivity contribution < 1.29 is 14.3 Å². The highest BCUT2D eigenvalue weighted by molar-refractivity contribution is 5.95. The fourth-order valence-corrected chi connectivity index (χ4v) is 1.97. The summed E-state index contributed by atoms with van der Waals surface area (Å²) in [6.45, 7) is 0.501. The normalized spacial score (nSPS) is 34.2. The Kier molecular flexibility index (Phi) is 2.27. The molecule has 0 radical (unpaired) electrons. The molecule has 3 nitrogen and oxygen atoms in total. The van der Waals surface area contributed by atoms with Gasteiger partial charge in [-0.25, -0.2) is 0 Å². The van der Waals surface area contributed by atoms with Gasteiger partial charge in [-0.2, -0.15) is 0 Å². The summed E-state index contributed by atoms with van der Waals surface area (Å²) in [6.07, 6.45) is 4.87. The maximum Gasteiger partial charge on any atom is 0.184 e. The van der Waals surface area contributed by atoms with Crippen LogP contribution in [0.15, 0.2) is 12.2 Å². The van der Waals surface area contributed by atoms with Crippen molar-refractivity contribution in [3.05, 3.63) is 12.2 Å². The third-order valence-corrected chi connectivity index (χ3v) is 2.65. The second kappa shape index (κ2) is 3.42. The van der Waals surface area contributed by atoms with E-state index < -0.39 is 0 Å². The van der Waals surface area contributed by atoms with Gasteiger partial charge in [-0.1, -0.05) is 6.08 Å². The van der Waals surface area contributed by atoms with Crippen LogP contribution in [-0.4, -0.2) is 24.3 Å². The minimum Gasteiger partial charge on any atom is -0.366 e. The molecule has 70 valence electrons. The SMILES string of the molecule is O=C1CC[C@H]([C@@H]2OCC=CC2=O)C1. The van der Waals surface area contributed by atoms with E-state index in [9.17, 15) is 9.59 Å². The molecule has 0 aromatic rings. The second-order valence-corrected chi connectivity index (χ2v) is 3.60. The predicted octanol–water partition coefficient (Wildman–Crippen LogP) is 0.880. The molecule has 0 saturated heterocycles. The number of ketones is 2. The van der Waals surface area contributed by atoms with E-state index in [1.165, 1.54) is 0 Å². The van der Waals surface area contributed by atoms with Crippen LogP contribution in [0.1, 0.15) is 19.3 Å². The molecule has 1 fully saturated rings. The van der Waals surface area contributed by atoms with Gasteiger partial charge >= 0.3 is 0 Å². The van der Waals surface area contributed by atoms with Crippen molar-refractivity contribution in [1.82, 2.24) is 0 Å². The van der Waals surface area contributed by atoms with E-state index in [1.807, 2.05) is 0 Å². The van der Waals surface area contributed by atoms with Crippen LogP contribution >= 0.6 is 0 Å². The maximum absolute atomic E-state index is 11.4. The lowest BCUT2D eigenvalue weighted by Gasteiger charge is -2.22. The van der Waals surface area contributed by atoms with Crippen molar-refractivity contribution in [2.45, 2.75) is 25.4 Å². The molecule has 1 heterocycles. The molecule has 0 amide bonds. The highest BCUT2D eigenvalue weighted by Gasteiger charge is 2.34. The highest BCUT2D eigenvalue weighted by Crippen LogP contribution is 2.28. The lowest BCUT2D eigenvalue weighted by Crippen LogP contribution is -2.32. The third-order valence-electron chi connectivity index (χ3n) is 2.65. The first-order valence-corrected chi connectivity index (χ1v) is 4.61. The maximum atomic E-state index is 11.4. The van der Waals surface area contributed by atoms with Gasteiger partial charge in [0, 0.05) is 12.8 Å². The van der Waals surface area contributed by atoms with Crippen LogP contribution in [0, 0.1) is 5.92 Å². The molecule has 1 saturated carbocycles. The fourth-order valence-electron chi connectivity index (χ4n) is 1.97. The van der Waals surface area contributed by atoms with E-state index in [0.717, 1.165) is 6.42 Å². The largest absolute Gasteiger partial charge is 0.366 e. The quantitative estimate of drug-likeness (QED) is 0.601. The van der Waals surface area contributed by atoms with Crippen molar-refractivity contribution in [3.8, 4) is 0 Å². The van der Waals surface area contributed by atoms with Gasteiger partial charge in [0.1, 0.15) is 11.9 Å². The number of hydrogen-bond donors (Lipinski definition) is 0. The summed E-state index contributed by atoms with van der Waals surface area (Å²) in [5.41, 5.74) is 0. The lowest BCUT2D eigenvalue weighted by molar-refractivity contribution is -0.129. The summed E-state index contributed by atoms with van der Waals surface area (Å²) in [7, 11) is 0. The molecule has 0 aromatic heterocycles. The van der Waals surface area contributed by atoms with E-state index in [2.05, 4.69) is 0 Å². The molecule has 0 unspecified atom stereocenters. The number of hydrogen-bond acceptors (Lipinski definition) is 3. The van der Waals surface area contributed by atoms with Crippen molar-refractivity contribution in [1.29, 1.82) is 0 Å². The number of Topliss-reactive ketones (excluding diaryl/α,β-unsaturated/α-hetero) is 1. The topological polar surface area (TPSA) is 43.4 Å². The second-order valence-electron chi connectivity index (χ2n) is 3.60. The van der Waals surface area contributed by atoms with Crippen LogP contribution in [0.25, 0.3) is 0 Å². The van der Waals surface area contributed by atoms with Gasteiger partial charge in [0.15, 0.2) is 5.78 Å². The number of rotatable bonds is 1. The van der Waals surface area contributed by atoms with E-state index in [-0.39, 0.29) is 23.6 Å². The Morgan fingerprint density at radius 3 is 2.85 bits per heavy atom. The van der Waals surface area contributed by atoms with E-state index >= 15 is 0 Å². The molecule has 2 atom stereocenters. The first-order valence-electron chi connectivity index (χ1n) is 4.61. The summed E-state index contributed by atoms with van der Waals surface area (Å²) in [6, 6.07) is 0. The van der Waals surface area contributed by atoms with Gasteiger partial charge in [-0.3, -0.25) is 9.59 Å². The van der Waals surface area contributed by atoms with Crippen LogP contribution in [-0.2, 0) is 14.3 Å². The minimum absolute atomic E-state index is 0.0194. The predicted molar refractivity (Wildman–Crippen MR) is 46.2 cm³/mol. The minimum atomic E-state index is -0.351. The van der Waals surface area contributed by atoms with Crippen molar-refractivity contribution in [2.24, 2.45) is 5.92 Å². The number of ether oxygens (including phenoxy) is 1. The van der Waals surface area contributed by atoms with Crippen LogP contribution in [0.3, 0.4) is 0 Å². The average Bonchev–Trinajstić information content (AvgIpc) is 2.53. The molecule has 0 N–H and O–H groups in total. The molecule has 13 heavy (non-hydrogen) atoms. The molecule has 3 heteroatoms. The standard InChI is InChI=1S/C10H12O3/c11-8-4-3-7(6-8)10-9(12)2-1-5-13-10/h1-2,7,10H,3-6H2/t7-,10-/m0/s1. The molecular weight excluding hydrogens is 168 g/mol. The van der Waals surface area contributed by atoms with E-state index in [4.69, 9.17) is 4.74 Å². The highest BCUT2D eigenvalue weighted by atomic mass is 16.5. The van der Waals surface area contributed by atoms with Crippen molar-refractivity contribution in [3.63, 3.8) is 0 Å². The van der Waals surface area contributed by atoms with Crippen LogP contribution in [0.2, 0.25) is 0 Å². The molecule has 2 rings (SSSR count). The van der Waals surface area contributed by atoms with Gasteiger partial charge in [-0.15, -0.1) is 0 Å². The number of carbonyl (C=O) groups is 2. The van der Waals surface area contributed by atoms with Gasteiger partial charge in [0.25, 0.3) is 0 Å². The van der Waals surface area contributed by atoms with Gasteiger partial charge < -0.3 is 4.74 Å². The molecule has 0 aromatic carbocycles. The summed E-state index contributed by atoms with van der Waals surface area (Å²) in [5, 5.41) is 0. The molecule has 1 aliphatic carbocycles. The monoisotopic (exact) mass is 180 g/mol. The fraction of sp³-hybridized carbons (Fsp3) is 0.600. The Morgan fingerprint density at radius 1 is 1.38 bits per heavy atom. The van der Waals surface area contributed by atoms with Crippen molar-refractivity contribution >= 4 is 11.6 Å². The lowest BCUT2D eigenvalue weighted by atomic mass is 9.96. The smallest absolute Gasteiger partial charge is 0.184 e. The van der Waals surface area contributed by atoms with E-state index in [1.54, 1.807) is 12.2 Å². The zero-order valence-electron chi connectivity index (χ0n) is 7.36. The third kappa shape index (κ3) is 1.70. The summed E-state index contributed by atoms with van der Waals surface area (Å²) in [5.74, 6) is 0.409. The average molecular weight is 180 g/mol. The first-order chi connectivity index (χ1) is 6.27. The molecule has 0 bridgehead atoms. The van der Waals surface area contributed by atoms with Crippen molar-refractivity contribution in [2.75, 3.05) is 6.61 Å². The molecule has 1 aliphatic heterocycles. The van der Waals surface area contributed by atoms with Crippen LogP contribution in [0.5, 0.6) is 0 Å². The van der Waals surface area contributed by atoms with Gasteiger partial charge in [0.05, 0.1) is 6.61 Å².